The molecule has 0 unspecified atom stereocenters. The van der Waals surface area contributed by atoms with Gasteiger partial charge in [0, 0.05) is 49.7 Å². The number of hydrogen-bond acceptors (Lipinski definition) is 8. The Morgan fingerprint density at radius 3 is 2.45 bits per heavy atom. The molecule has 220 valence electrons. The normalized spacial score (nSPS) is 14.1. The first-order valence-corrected chi connectivity index (χ1v) is 15.3. The van der Waals surface area contributed by atoms with Gasteiger partial charge in [-0.3, -0.25) is 19.8 Å². The van der Waals surface area contributed by atoms with Gasteiger partial charge in [0.05, 0.1) is 23.0 Å². The van der Waals surface area contributed by atoms with E-state index in [0.29, 0.717) is 32.8 Å². The van der Waals surface area contributed by atoms with Crippen LogP contribution in [0.5, 0.6) is 0 Å². The molecule has 2 N–H and O–H groups in total. The van der Waals surface area contributed by atoms with Crippen molar-refractivity contribution in [2.45, 2.75) is 24.3 Å². The highest BCUT2D eigenvalue weighted by Gasteiger charge is 2.26. The number of carbonyl (C=O) groups is 1. The Morgan fingerprint density at radius 1 is 0.952 bits per heavy atom. The number of benzene rings is 3. The first kappa shape index (κ1) is 29.2. The Morgan fingerprint density at radius 2 is 1.69 bits per heavy atom. The molecule has 5 rings (SSSR count). The summed E-state index contributed by atoms with van der Waals surface area (Å²) in [6.07, 6.45) is 1.53. The topological polar surface area (TPSA) is 136 Å². The van der Waals surface area contributed by atoms with Crippen molar-refractivity contribution in [1.82, 2.24) is 14.2 Å². The molecular formula is C30H33N5O6S. The molecule has 1 aliphatic rings. The third kappa shape index (κ3) is 6.96. The molecule has 1 aliphatic heterocycles. The zero-order valence-electron chi connectivity index (χ0n) is 23.1. The zero-order valence-corrected chi connectivity index (χ0v) is 23.9. The molecule has 0 spiro atoms. The number of rotatable bonds is 12. The van der Waals surface area contributed by atoms with E-state index >= 15 is 0 Å². The predicted octanol–water partition coefficient (Wildman–Crippen LogP) is 4.05. The van der Waals surface area contributed by atoms with Crippen molar-refractivity contribution in [2.24, 2.45) is 0 Å². The fraction of sp³-hybridized carbons (Fsp3) is 0.300. The molecule has 3 aromatic carbocycles. The van der Waals surface area contributed by atoms with Crippen molar-refractivity contribution in [3.63, 3.8) is 0 Å². The second kappa shape index (κ2) is 13.1. The number of nitro groups is 1. The van der Waals surface area contributed by atoms with Crippen LogP contribution in [0.15, 0.2) is 83.8 Å². The maximum Gasteiger partial charge on any atom is 0.293 e. The molecule has 0 bridgehead atoms. The summed E-state index contributed by atoms with van der Waals surface area (Å²) in [5, 5.41) is 15.6. The van der Waals surface area contributed by atoms with E-state index < -0.39 is 20.9 Å². The van der Waals surface area contributed by atoms with Gasteiger partial charge in [-0.1, -0.05) is 48.5 Å². The molecule has 1 amide bonds. The van der Waals surface area contributed by atoms with E-state index in [1.807, 2.05) is 59.2 Å². The summed E-state index contributed by atoms with van der Waals surface area (Å²) in [4.78, 5) is 26.3. The number of morpholine rings is 1. The molecule has 0 radical (unpaired) electrons. The van der Waals surface area contributed by atoms with Gasteiger partial charge in [-0.25, -0.2) is 13.1 Å². The number of nitrogens with one attached hydrogen (secondary N) is 2. The molecule has 1 aromatic heterocycles. The van der Waals surface area contributed by atoms with Crippen LogP contribution in [0, 0.1) is 10.1 Å². The monoisotopic (exact) mass is 591 g/mol. The van der Waals surface area contributed by atoms with Gasteiger partial charge in [0.1, 0.15) is 11.4 Å². The highest BCUT2D eigenvalue weighted by Crippen LogP contribution is 2.28. The van der Waals surface area contributed by atoms with Crippen LogP contribution in [0.25, 0.3) is 10.9 Å². The standard InChI is InChI=1S/C30H33N5O6S/c36-30(29-21-24-10-4-5-11-27(24)34(29)15-6-9-23-7-2-1-3-8-23)32-42(39,40)25-12-13-26(28(22-25)35(37)38)31-14-16-33-17-19-41-20-18-33/h1-5,7-8,10-13,21-22,31H,6,9,14-20H2,(H,32,36). The summed E-state index contributed by atoms with van der Waals surface area (Å²) < 4.78 is 35.8. The minimum absolute atomic E-state index is 0.198. The van der Waals surface area contributed by atoms with E-state index in [-0.39, 0.29) is 22.0 Å². The second-order valence-electron chi connectivity index (χ2n) is 10.1. The summed E-state index contributed by atoms with van der Waals surface area (Å²) in [6, 6.07) is 22.7. The number of carbonyl (C=O) groups excluding carboxylic acids is 1. The van der Waals surface area contributed by atoms with Crippen LogP contribution in [0.2, 0.25) is 0 Å². The van der Waals surface area contributed by atoms with Gasteiger partial charge in [0.2, 0.25) is 0 Å². The molecule has 1 saturated heterocycles. The average molecular weight is 592 g/mol. The van der Waals surface area contributed by atoms with Crippen molar-refractivity contribution >= 4 is 38.2 Å². The van der Waals surface area contributed by atoms with Crippen molar-refractivity contribution < 1.29 is 22.9 Å². The summed E-state index contributed by atoms with van der Waals surface area (Å²) in [5.41, 5.74) is 2.00. The number of nitro benzene ring substituents is 1. The minimum Gasteiger partial charge on any atom is -0.379 e. The Balaban J connectivity index is 1.31. The molecule has 0 atom stereocenters. The van der Waals surface area contributed by atoms with Gasteiger partial charge in [0.25, 0.3) is 21.6 Å². The molecule has 12 heteroatoms. The van der Waals surface area contributed by atoms with E-state index in [1.165, 1.54) is 17.7 Å². The van der Waals surface area contributed by atoms with Gasteiger partial charge in [0.15, 0.2) is 0 Å². The van der Waals surface area contributed by atoms with Crippen molar-refractivity contribution in [3.05, 3.63) is 100 Å². The number of ether oxygens (including phenoxy) is 1. The van der Waals surface area contributed by atoms with Crippen LogP contribution in [-0.2, 0) is 27.7 Å². The Bertz CT molecular complexity index is 1670. The van der Waals surface area contributed by atoms with Crippen LogP contribution in [-0.4, -0.2) is 68.1 Å². The minimum atomic E-state index is -4.40. The molecule has 11 nitrogen and oxygen atoms in total. The molecule has 1 fully saturated rings. The lowest BCUT2D eigenvalue weighted by Gasteiger charge is -2.26. The number of aromatic nitrogens is 1. The van der Waals surface area contributed by atoms with E-state index in [2.05, 4.69) is 14.9 Å². The first-order chi connectivity index (χ1) is 20.3. The Hall–Kier alpha value is -4.26. The quantitative estimate of drug-likeness (QED) is 0.186. The Labute approximate surface area is 244 Å². The van der Waals surface area contributed by atoms with Crippen LogP contribution in [0.4, 0.5) is 11.4 Å². The molecule has 0 saturated carbocycles. The smallest absolute Gasteiger partial charge is 0.293 e. The lowest BCUT2D eigenvalue weighted by molar-refractivity contribution is -0.384. The zero-order chi connectivity index (χ0) is 29.5. The highest BCUT2D eigenvalue weighted by atomic mass is 32.2. The molecule has 0 aliphatic carbocycles. The van der Waals surface area contributed by atoms with Gasteiger partial charge in [-0.15, -0.1) is 0 Å². The molecule has 4 aromatic rings. The van der Waals surface area contributed by atoms with Gasteiger partial charge < -0.3 is 14.6 Å². The fourth-order valence-corrected chi connectivity index (χ4v) is 6.09. The average Bonchev–Trinajstić information content (AvgIpc) is 3.37. The summed E-state index contributed by atoms with van der Waals surface area (Å²) >= 11 is 0. The largest absolute Gasteiger partial charge is 0.379 e. The summed E-state index contributed by atoms with van der Waals surface area (Å²) in [6.45, 7) is 4.47. The fourth-order valence-electron chi connectivity index (χ4n) is 5.11. The lowest BCUT2D eigenvalue weighted by atomic mass is 10.1. The van der Waals surface area contributed by atoms with Crippen molar-refractivity contribution in [1.29, 1.82) is 0 Å². The maximum atomic E-state index is 13.4. The first-order valence-electron chi connectivity index (χ1n) is 13.8. The SMILES string of the molecule is O=C(NS(=O)(=O)c1ccc(NCCN2CCOCC2)c([N+](=O)[O-])c1)c1cc2ccccc2n1CCCc1ccccc1. The lowest BCUT2D eigenvalue weighted by Crippen LogP contribution is -2.39. The van der Waals surface area contributed by atoms with Crippen molar-refractivity contribution in [3.8, 4) is 0 Å². The number of hydrogen-bond donors (Lipinski definition) is 2. The van der Waals surface area contributed by atoms with Crippen LogP contribution in [0.1, 0.15) is 22.5 Å². The van der Waals surface area contributed by atoms with Crippen molar-refractivity contribution in [2.75, 3.05) is 44.7 Å². The molecular weight excluding hydrogens is 558 g/mol. The third-order valence-electron chi connectivity index (χ3n) is 7.28. The number of nitrogens with zero attached hydrogens (tertiary/aromatic N) is 3. The van der Waals surface area contributed by atoms with E-state index in [0.717, 1.165) is 42.9 Å². The van der Waals surface area contributed by atoms with Crippen LogP contribution < -0.4 is 10.0 Å². The molecule has 2 heterocycles. The molecule has 42 heavy (non-hydrogen) atoms. The third-order valence-corrected chi connectivity index (χ3v) is 8.61. The van der Waals surface area contributed by atoms with E-state index in [9.17, 15) is 23.3 Å². The number of anilines is 1. The Kier molecular flexibility index (Phi) is 9.15. The number of para-hydroxylation sites is 1. The van der Waals surface area contributed by atoms with E-state index in [4.69, 9.17) is 4.74 Å². The maximum absolute atomic E-state index is 13.4. The highest BCUT2D eigenvalue weighted by molar-refractivity contribution is 7.90. The van der Waals surface area contributed by atoms with Gasteiger partial charge in [-0.05, 0) is 42.7 Å². The van der Waals surface area contributed by atoms with Gasteiger partial charge in [-0.2, -0.15) is 0 Å². The van der Waals surface area contributed by atoms with E-state index in [1.54, 1.807) is 6.07 Å². The van der Waals surface area contributed by atoms with Crippen LogP contribution >= 0.6 is 0 Å². The number of aryl methyl sites for hydroxylation is 2. The van der Waals surface area contributed by atoms with Crippen LogP contribution in [0.3, 0.4) is 0 Å². The number of fused-ring (bicyclic) bond motifs is 1. The van der Waals surface area contributed by atoms with Gasteiger partial charge >= 0.3 is 0 Å². The summed E-state index contributed by atoms with van der Waals surface area (Å²) in [5.74, 6) is -0.804. The summed E-state index contributed by atoms with van der Waals surface area (Å²) in [7, 11) is -4.40. The predicted molar refractivity (Wildman–Crippen MR) is 160 cm³/mol. The number of amides is 1. The second-order valence-corrected chi connectivity index (χ2v) is 11.8. The number of sulfonamides is 1.